The van der Waals surface area contributed by atoms with Crippen LogP contribution in [-0.4, -0.2) is 18.3 Å². The normalized spacial score (nSPS) is 10.1. The molecule has 0 saturated carbocycles. The minimum Gasteiger partial charge on any atom is -0.399 e. The maximum absolute atomic E-state index is 8.60. The number of nitrogens with one attached hydrogen (secondary N) is 1. The fourth-order valence-electron chi connectivity index (χ4n) is 1.38. The minimum atomic E-state index is 0.262. The van der Waals surface area contributed by atoms with Crippen molar-refractivity contribution in [2.24, 2.45) is 0 Å². The van der Waals surface area contributed by atoms with Crippen molar-refractivity contribution in [2.75, 3.05) is 24.2 Å². The first-order valence-electron chi connectivity index (χ1n) is 4.94. The van der Waals surface area contributed by atoms with Crippen molar-refractivity contribution < 1.29 is 5.11 Å². The number of anilines is 2. The van der Waals surface area contributed by atoms with E-state index in [1.54, 1.807) is 0 Å². The summed E-state index contributed by atoms with van der Waals surface area (Å²) in [5.41, 5.74) is 8.71. The van der Waals surface area contributed by atoms with E-state index < -0.39 is 0 Å². The second kappa shape index (κ2) is 5.50. The lowest BCUT2D eigenvalue weighted by Crippen LogP contribution is -2.03. The van der Waals surface area contributed by atoms with E-state index >= 15 is 0 Å². The molecule has 0 aromatic heterocycles. The Kier molecular flexibility index (Phi) is 4.26. The molecule has 0 saturated heterocycles. The average Bonchev–Trinajstić information content (AvgIpc) is 2.11. The first-order valence-corrected chi connectivity index (χ1v) is 4.94. The van der Waals surface area contributed by atoms with E-state index in [-0.39, 0.29) is 6.61 Å². The summed E-state index contributed by atoms with van der Waals surface area (Å²) in [6, 6.07) is 5.93. The van der Waals surface area contributed by atoms with Crippen LogP contribution in [0.2, 0.25) is 0 Å². The zero-order valence-corrected chi connectivity index (χ0v) is 8.59. The maximum atomic E-state index is 8.60. The Hall–Kier alpha value is -1.22. The number of benzene rings is 1. The van der Waals surface area contributed by atoms with Gasteiger partial charge >= 0.3 is 0 Å². The Morgan fingerprint density at radius 1 is 1.29 bits per heavy atom. The number of hydrogen-bond donors (Lipinski definition) is 3. The molecule has 0 amide bonds. The molecule has 4 N–H and O–H groups in total. The molecule has 3 heteroatoms. The summed E-state index contributed by atoms with van der Waals surface area (Å²) in [5.74, 6) is 0. The second-order valence-electron chi connectivity index (χ2n) is 3.49. The maximum Gasteiger partial charge on any atom is 0.0431 e. The van der Waals surface area contributed by atoms with Gasteiger partial charge in [-0.3, -0.25) is 0 Å². The molecular formula is C11H18N2O. The van der Waals surface area contributed by atoms with Gasteiger partial charge in [0.05, 0.1) is 0 Å². The number of unbranched alkanes of at least 4 members (excludes halogenated alkanes) is 1. The van der Waals surface area contributed by atoms with Crippen LogP contribution in [0.5, 0.6) is 0 Å². The SMILES string of the molecule is Cc1cc(N)cc(NCCCCO)c1. The molecule has 0 unspecified atom stereocenters. The smallest absolute Gasteiger partial charge is 0.0431 e. The summed E-state index contributed by atoms with van der Waals surface area (Å²) in [7, 11) is 0. The molecule has 3 nitrogen and oxygen atoms in total. The molecule has 0 spiro atoms. The van der Waals surface area contributed by atoms with Crippen LogP contribution in [-0.2, 0) is 0 Å². The van der Waals surface area contributed by atoms with Crippen LogP contribution >= 0.6 is 0 Å². The van der Waals surface area contributed by atoms with E-state index in [0.717, 1.165) is 36.3 Å². The number of nitrogen functional groups attached to an aromatic ring is 1. The monoisotopic (exact) mass is 194 g/mol. The Bertz CT molecular complexity index is 266. The Morgan fingerprint density at radius 2 is 2.07 bits per heavy atom. The summed E-state index contributed by atoms with van der Waals surface area (Å²) in [6.45, 7) is 3.16. The number of aryl methyl sites for hydroxylation is 1. The van der Waals surface area contributed by atoms with Crippen LogP contribution in [0.3, 0.4) is 0 Å². The van der Waals surface area contributed by atoms with Crippen LogP contribution in [0.1, 0.15) is 18.4 Å². The first-order chi connectivity index (χ1) is 6.72. The topological polar surface area (TPSA) is 58.3 Å². The van der Waals surface area contributed by atoms with Gasteiger partial charge < -0.3 is 16.2 Å². The zero-order valence-electron chi connectivity index (χ0n) is 8.59. The standard InChI is InChI=1S/C11H18N2O/c1-9-6-10(12)8-11(7-9)13-4-2-3-5-14/h6-8,13-14H,2-5,12H2,1H3. The summed E-state index contributed by atoms with van der Waals surface area (Å²) in [5, 5.41) is 11.9. The molecule has 1 aromatic rings. The zero-order chi connectivity index (χ0) is 10.4. The molecule has 0 aliphatic rings. The van der Waals surface area contributed by atoms with Gasteiger partial charge in [-0.1, -0.05) is 0 Å². The van der Waals surface area contributed by atoms with Gasteiger partial charge in [0.15, 0.2) is 0 Å². The van der Waals surface area contributed by atoms with E-state index in [2.05, 4.69) is 11.4 Å². The molecule has 14 heavy (non-hydrogen) atoms. The van der Waals surface area contributed by atoms with Crippen LogP contribution in [0.15, 0.2) is 18.2 Å². The van der Waals surface area contributed by atoms with Gasteiger partial charge in [-0.2, -0.15) is 0 Å². The molecular weight excluding hydrogens is 176 g/mol. The van der Waals surface area contributed by atoms with Crippen molar-refractivity contribution in [3.63, 3.8) is 0 Å². The van der Waals surface area contributed by atoms with Crippen molar-refractivity contribution >= 4 is 11.4 Å². The van der Waals surface area contributed by atoms with E-state index in [4.69, 9.17) is 10.8 Å². The molecule has 1 aromatic carbocycles. The first kappa shape index (κ1) is 10.9. The number of hydrogen-bond acceptors (Lipinski definition) is 3. The van der Waals surface area contributed by atoms with Crippen LogP contribution in [0.4, 0.5) is 11.4 Å². The largest absolute Gasteiger partial charge is 0.399 e. The van der Waals surface area contributed by atoms with Crippen molar-refractivity contribution in [1.29, 1.82) is 0 Å². The minimum absolute atomic E-state index is 0.262. The average molecular weight is 194 g/mol. The van der Waals surface area contributed by atoms with E-state index in [0.29, 0.717) is 0 Å². The summed E-state index contributed by atoms with van der Waals surface area (Å²) in [6.07, 6.45) is 1.82. The van der Waals surface area contributed by atoms with Gasteiger partial charge in [0.1, 0.15) is 0 Å². The molecule has 0 heterocycles. The lowest BCUT2D eigenvalue weighted by molar-refractivity contribution is 0.286. The molecule has 1 rings (SSSR count). The van der Waals surface area contributed by atoms with Gasteiger partial charge in [-0.05, 0) is 43.5 Å². The highest BCUT2D eigenvalue weighted by atomic mass is 16.2. The number of nitrogens with two attached hydrogens (primary N) is 1. The number of aliphatic hydroxyl groups excluding tert-OH is 1. The van der Waals surface area contributed by atoms with Crippen molar-refractivity contribution in [3.05, 3.63) is 23.8 Å². The Balaban J connectivity index is 2.42. The quantitative estimate of drug-likeness (QED) is 0.494. The lowest BCUT2D eigenvalue weighted by Gasteiger charge is -2.07. The molecule has 0 fully saturated rings. The molecule has 0 radical (unpaired) electrons. The highest BCUT2D eigenvalue weighted by Gasteiger charge is 1.94. The van der Waals surface area contributed by atoms with E-state index in [1.165, 1.54) is 0 Å². The Labute approximate surface area is 84.9 Å². The predicted octanol–water partition coefficient (Wildman–Crippen LogP) is 1.76. The summed E-state index contributed by atoms with van der Waals surface area (Å²) < 4.78 is 0. The van der Waals surface area contributed by atoms with Gasteiger partial charge in [-0.15, -0.1) is 0 Å². The summed E-state index contributed by atoms with van der Waals surface area (Å²) >= 11 is 0. The van der Waals surface area contributed by atoms with Crippen molar-refractivity contribution in [3.8, 4) is 0 Å². The highest BCUT2D eigenvalue weighted by Crippen LogP contribution is 2.15. The molecule has 78 valence electrons. The van der Waals surface area contributed by atoms with E-state index in [1.807, 2.05) is 19.1 Å². The van der Waals surface area contributed by atoms with Crippen LogP contribution in [0, 0.1) is 6.92 Å². The van der Waals surface area contributed by atoms with Gasteiger partial charge in [-0.25, -0.2) is 0 Å². The van der Waals surface area contributed by atoms with Crippen LogP contribution < -0.4 is 11.1 Å². The number of aliphatic hydroxyl groups is 1. The number of rotatable bonds is 5. The van der Waals surface area contributed by atoms with Gasteiger partial charge in [0.25, 0.3) is 0 Å². The van der Waals surface area contributed by atoms with E-state index in [9.17, 15) is 0 Å². The van der Waals surface area contributed by atoms with Gasteiger partial charge in [0, 0.05) is 24.5 Å². The third-order valence-electron chi connectivity index (χ3n) is 2.01. The predicted molar refractivity (Wildman–Crippen MR) is 60.4 cm³/mol. The lowest BCUT2D eigenvalue weighted by atomic mass is 10.2. The molecule has 0 aliphatic heterocycles. The fourth-order valence-corrected chi connectivity index (χ4v) is 1.38. The second-order valence-corrected chi connectivity index (χ2v) is 3.49. The summed E-state index contributed by atoms with van der Waals surface area (Å²) in [4.78, 5) is 0. The Morgan fingerprint density at radius 3 is 2.71 bits per heavy atom. The molecule has 0 bridgehead atoms. The third kappa shape index (κ3) is 3.66. The van der Waals surface area contributed by atoms with Gasteiger partial charge in [0.2, 0.25) is 0 Å². The van der Waals surface area contributed by atoms with Crippen molar-refractivity contribution in [1.82, 2.24) is 0 Å². The highest BCUT2D eigenvalue weighted by molar-refractivity contribution is 5.56. The molecule has 0 aliphatic carbocycles. The third-order valence-corrected chi connectivity index (χ3v) is 2.01. The van der Waals surface area contributed by atoms with Crippen LogP contribution in [0.25, 0.3) is 0 Å². The van der Waals surface area contributed by atoms with Crippen molar-refractivity contribution in [2.45, 2.75) is 19.8 Å². The molecule has 0 atom stereocenters. The fraction of sp³-hybridized carbons (Fsp3) is 0.455.